The van der Waals surface area contributed by atoms with Crippen molar-refractivity contribution in [3.8, 4) is 5.69 Å². The Balaban J connectivity index is 2.62. The molecular weight excluding hydrogens is 194 g/mol. The quantitative estimate of drug-likeness (QED) is 0.547. The molecule has 3 heteroatoms. The highest BCUT2D eigenvalue weighted by Gasteiger charge is 2.09. The first kappa shape index (κ1) is 7.76. The van der Waals surface area contributed by atoms with E-state index in [1.807, 2.05) is 35.7 Å². The van der Waals surface area contributed by atoms with Crippen LogP contribution in [0.5, 0.6) is 0 Å². The molecule has 0 bridgehead atoms. The van der Waals surface area contributed by atoms with Gasteiger partial charge in [-0.15, -0.1) is 11.3 Å². The second-order valence-electron chi connectivity index (χ2n) is 3.13. The highest BCUT2D eigenvalue weighted by atomic mass is 32.1. The molecule has 0 spiro atoms. The average molecular weight is 201 g/mol. The standard InChI is InChI=1S/C11H7NOS/c13-11-7-8-5-6-14-10-4-2-1-3-9(10)12(8)11/h1-7H. The molecule has 1 aromatic rings. The number of nitrogens with zero attached hydrogens (tertiary/aromatic N) is 1. The van der Waals surface area contributed by atoms with Gasteiger partial charge in [0.2, 0.25) is 0 Å². The molecule has 0 unspecified atom stereocenters. The molecule has 0 amide bonds. The molecule has 68 valence electrons. The Bertz CT molecular complexity index is 623. The topological polar surface area (TPSA) is 22.0 Å². The Morgan fingerprint density at radius 2 is 2.00 bits per heavy atom. The van der Waals surface area contributed by atoms with Gasteiger partial charge in [-0.3, -0.25) is 9.36 Å². The molecule has 0 aliphatic carbocycles. The van der Waals surface area contributed by atoms with Crippen LogP contribution in [0.1, 0.15) is 0 Å². The number of aromatic nitrogens is 1. The molecule has 2 heterocycles. The van der Waals surface area contributed by atoms with E-state index in [0.717, 1.165) is 15.9 Å². The van der Waals surface area contributed by atoms with Gasteiger partial charge in [-0.2, -0.15) is 0 Å². The van der Waals surface area contributed by atoms with Crippen LogP contribution in [-0.4, -0.2) is 4.57 Å². The van der Waals surface area contributed by atoms with Gasteiger partial charge in [0.25, 0.3) is 5.56 Å². The van der Waals surface area contributed by atoms with Crippen molar-refractivity contribution in [2.45, 2.75) is 0 Å². The largest absolute Gasteiger partial charge is 0.276 e. The lowest BCUT2D eigenvalue weighted by molar-refractivity contribution is 0.985. The minimum atomic E-state index is 0.0691. The number of benzene rings is 1. The molecule has 2 aliphatic rings. The van der Waals surface area contributed by atoms with Crippen molar-refractivity contribution < 1.29 is 0 Å². The maximum absolute atomic E-state index is 11.4. The van der Waals surface area contributed by atoms with E-state index in [0.29, 0.717) is 0 Å². The van der Waals surface area contributed by atoms with Gasteiger partial charge in [-0.25, -0.2) is 0 Å². The third-order valence-corrected chi connectivity index (χ3v) is 3.16. The van der Waals surface area contributed by atoms with Crippen LogP contribution in [-0.2, 0) is 0 Å². The highest BCUT2D eigenvalue weighted by molar-refractivity contribution is 7.16. The third kappa shape index (κ3) is 0.930. The molecule has 0 fully saturated rings. The van der Waals surface area contributed by atoms with Gasteiger partial charge >= 0.3 is 0 Å². The SMILES string of the molecule is O=c1cc2ccsc3ccccc3n1-2. The Hall–Kier alpha value is -1.61. The maximum atomic E-state index is 11.4. The Kier molecular flexibility index (Phi) is 1.49. The molecule has 0 saturated carbocycles. The lowest BCUT2D eigenvalue weighted by atomic mass is 10.3. The lowest BCUT2D eigenvalue weighted by Crippen LogP contribution is -2.24. The van der Waals surface area contributed by atoms with Crippen molar-refractivity contribution in [3.05, 3.63) is 52.1 Å². The van der Waals surface area contributed by atoms with Crippen molar-refractivity contribution in [1.82, 2.24) is 4.57 Å². The summed E-state index contributed by atoms with van der Waals surface area (Å²) in [6, 6.07) is 11.6. The molecule has 0 N–H and O–H groups in total. The van der Waals surface area contributed by atoms with Crippen LogP contribution in [0.2, 0.25) is 0 Å². The molecule has 3 rings (SSSR count). The smallest absolute Gasteiger partial charge is 0.257 e. The molecule has 14 heavy (non-hydrogen) atoms. The zero-order valence-electron chi connectivity index (χ0n) is 7.31. The molecule has 1 aromatic carbocycles. The van der Waals surface area contributed by atoms with Crippen LogP contribution >= 0.6 is 11.3 Å². The summed E-state index contributed by atoms with van der Waals surface area (Å²) in [6.07, 6.45) is 0. The second-order valence-corrected chi connectivity index (χ2v) is 4.08. The minimum Gasteiger partial charge on any atom is -0.276 e. The Labute approximate surface area is 84.4 Å². The summed E-state index contributed by atoms with van der Waals surface area (Å²) in [6.45, 7) is 0. The van der Waals surface area contributed by atoms with Gasteiger partial charge in [0.1, 0.15) is 0 Å². The molecule has 2 nitrogen and oxygen atoms in total. The van der Waals surface area contributed by atoms with Gasteiger partial charge < -0.3 is 0 Å². The average Bonchev–Trinajstić information content (AvgIpc) is 2.32. The van der Waals surface area contributed by atoms with Crippen molar-refractivity contribution in [3.63, 3.8) is 0 Å². The zero-order valence-corrected chi connectivity index (χ0v) is 8.12. The Morgan fingerprint density at radius 3 is 2.86 bits per heavy atom. The van der Waals surface area contributed by atoms with E-state index in [1.165, 1.54) is 0 Å². The predicted molar refractivity (Wildman–Crippen MR) is 58.6 cm³/mol. The molecular formula is C11H7NOS. The fourth-order valence-electron chi connectivity index (χ4n) is 1.62. The molecule has 0 saturated heterocycles. The van der Waals surface area contributed by atoms with E-state index in [4.69, 9.17) is 0 Å². The summed E-state index contributed by atoms with van der Waals surface area (Å²) in [5.74, 6) is 0. The van der Waals surface area contributed by atoms with Crippen LogP contribution in [0.4, 0.5) is 0 Å². The first-order chi connectivity index (χ1) is 6.86. The lowest BCUT2D eigenvalue weighted by Gasteiger charge is -2.10. The summed E-state index contributed by atoms with van der Waals surface area (Å²) >= 11 is 1.64. The van der Waals surface area contributed by atoms with Crippen LogP contribution in [0.15, 0.2) is 46.6 Å². The molecule has 2 aliphatic heterocycles. The van der Waals surface area contributed by atoms with Gasteiger partial charge in [-0.05, 0) is 23.6 Å². The summed E-state index contributed by atoms with van der Waals surface area (Å²) in [5.41, 5.74) is 2.04. The zero-order chi connectivity index (χ0) is 9.54. The number of hydrogen-bond acceptors (Lipinski definition) is 2. The van der Waals surface area contributed by atoms with Crippen molar-refractivity contribution >= 4 is 21.6 Å². The van der Waals surface area contributed by atoms with E-state index in [1.54, 1.807) is 22.0 Å². The summed E-state index contributed by atoms with van der Waals surface area (Å²) < 4.78 is 2.87. The van der Waals surface area contributed by atoms with Gasteiger partial charge in [0.05, 0.1) is 15.9 Å². The fraction of sp³-hybridized carbons (Fsp3) is 0. The van der Waals surface area contributed by atoms with Crippen LogP contribution in [0, 0.1) is 0 Å². The first-order valence-electron chi connectivity index (χ1n) is 4.34. The van der Waals surface area contributed by atoms with E-state index in [2.05, 4.69) is 0 Å². The summed E-state index contributed by atoms with van der Waals surface area (Å²) in [7, 11) is 0. The number of fused-ring (bicyclic) bond motifs is 3. The highest BCUT2D eigenvalue weighted by Crippen LogP contribution is 2.21. The van der Waals surface area contributed by atoms with Crippen LogP contribution < -0.4 is 5.56 Å². The van der Waals surface area contributed by atoms with Crippen molar-refractivity contribution in [1.29, 1.82) is 0 Å². The van der Waals surface area contributed by atoms with E-state index in [9.17, 15) is 4.79 Å². The van der Waals surface area contributed by atoms with Gasteiger partial charge in [0, 0.05) is 6.07 Å². The third-order valence-electron chi connectivity index (χ3n) is 2.29. The van der Waals surface area contributed by atoms with Gasteiger partial charge in [-0.1, -0.05) is 12.1 Å². The van der Waals surface area contributed by atoms with Crippen molar-refractivity contribution in [2.75, 3.05) is 0 Å². The second kappa shape index (κ2) is 2.69. The normalized spacial score (nSPS) is 11.1. The van der Waals surface area contributed by atoms with Crippen molar-refractivity contribution in [2.24, 2.45) is 0 Å². The van der Waals surface area contributed by atoms with Crippen LogP contribution in [0.25, 0.3) is 15.9 Å². The van der Waals surface area contributed by atoms with Gasteiger partial charge in [0.15, 0.2) is 0 Å². The van der Waals surface area contributed by atoms with E-state index >= 15 is 0 Å². The predicted octanol–water partition coefficient (Wildman–Crippen LogP) is 2.49. The minimum absolute atomic E-state index is 0.0691. The van der Waals surface area contributed by atoms with Crippen LogP contribution in [0.3, 0.4) is 0 Å². The molecule has 0 radical (unpaired) electrons. The molecule has 0 atom stereocenters. The number of para-hydroxylation sites is 1. The number of hydrogen-bond donors (Lipinski definition) is 0. The fourth-order valence-corrected chi connectivity index (χ4v) is 2.41. The summed E-state index contributed by atoms with van der Waals surface area (Å²) in [4.78, 5) is 11.4. The van der Waals surface area contributed by atoms with E-state index < -0.39 is 0 Å². The Morgan fingerprint density at radius 1 is 1.14 bits per heavy atom. The maximum Gasteiger partial charge on any atom is 0.257 e. The first-order valence-corrected chi connectivity index (χ1v) is 5.22. The summed E-state index contributed by atoms with van der Waals surface area (Å²) in [5, 5.41) is 2.01. The molecule has 0 aromatic heterocycles. The van der Waals surface area contributed by atoms with E-state index in [-0.39, 0.29) is 5.56 Å². The number of rotatable bonds is 0. The monoisotopic (exact) mass is 201 g/mol.